The third kappa shape index (κ3) is 3.98. The van der Waals surface area contributed by atoms with Gasteiger partial charge in [-0.25, -0.2) is 4.98 Å². The lowest BCUT2D eigenvalue weighted by Gasteiger charge is -2.08. The van der Waals surface area contributed by atoms with Gasteiger partial charge in [0.1, 0.15) is 5.58 Å². The van der Waals surface area contributed by atoms with Gasteiger partial charge < -0.3 is 9.73 Å². The van der Waals surface area contributed by atoms with E-state index in [1.165, 1.54) is 23.0 Å². The van der Waals surface area contributed by atoms with Crippen LogP contribution in [0.15, 0.2) is 87.1 Å². The zero-order valence-electron chi connectivity index (χ0n) is 15.4. The van der Waals surface area contributed by atoms with E-state index in [-0.39, 0.29) is 29.8 Å². The molecule has 0 aliphatic heterocycles. The molecule has 2 aromatic carbocycles. The van der Waals surface area contributed by atoms with Crippen LogP contribution in [0.3, 0.4) is 0 Å². The Morgan fingerprint density at radius 2 is 1.76 bits per heavy atom. The van der Waals surface area contributed by atoms with Crippen LogP contribution in [0.5, 0.6) is 0 Å². The van der Waals surface area contributed by atoms with E-state index < -0.39 is 5.91 Å². The van der Waals surface area contributed by atoms with Gasteiger partial charge in [0.05, 0.1) is 17.4 Å². The SMILES string of the molecule is O=C(NCCn1cnc(-c2ccccc2)cc1=O)c1cc(=O)c2ccccc2o1. The monoisotopic (exact) mass is 387 g/mol. The van der Waals surface area contributed by atoms with E-state index in [1.54, 1.807) is 24.3 Å². The Morgan fingerprint density at radius 3 is 2.55 bits per heavy atom. The highest BCUT2D eigenvalue weighted by Crippen LogP contribution is 2.13. The molecule has 0 saturated carbocycles. The van der Waals surface area contributed by atoms with Crippen molar-refractivity contribution in [2.24, 2.45) is 0 Å². The van der Waals surface area contributed by atoms with Crippen molar-refractivity contribution < 1.29 is 9.21 Å². The van der Waals surface area contributed by atoms with E-state index >= 15 is 0 Å². The van der Waals surface area contributed by atoms with E-state index in [9.17, 15) is 14.4 Å². The molecule has 4 aromatic rings. The van der Waals surface area contributed by atoms with Crippen molar-refractivity contribution >= 4 is 16.9 Å². The van der Waals surface area contributed by atoms with Crippen molar-refractivity contribution in [2.75, 3.05) is 6.54 Å². The second-order valence-corrected chi connectivity index (χ2v) is 6.40. The maximum atomic E-state index is 12.3. The van der Waals surface area contributed by atoms with Gasteiger partial charge in [-0.2, -0.15) is 0 Å². The number of hydrogen-bond acceptors (Lipinski definition) is 5. The van der Waals surface area contributed by atoms with Crippen molar-refractivity contribution in [1.29, 1.82) is 0 Å². The second-order valence-electron chi connectivity index (χ2n) is 6.40. The first-order chi connectivity index (χ1) is 14.1. The summed E-state index contributed by atoms with van der Waals surface area (Å²) in [5, 5.41) is 3.07. The molecule has 0 bridgehead atoms. The molecule has 0 unspecified atom stereocenters. The number of carbonyl (C=O) groups is 1. The second kappa shape index (κ2) is 7.93. The summed E-state index contributed by atoms with van der Waals surface area (Å²) in [4.78, 5) is 41.0. The predicted octanol–water partition coefficient (Wildman–Crippen LogP) is 2.45. The Hall–Kier alpha value is -4.00. The number of rotatable bonds is 5. The molecule has 0 aliphatic rings. The molecule has 1 N–H and O–H groups in total. The quantitative estimate of drug-likeness (QED) is 0.568. The standard InChI is InChI=1S/C22H17N3O4/c26-18-13-20(29-19-9-5-4-8-16(18)19)22(28)23-10-11-25-14-24-17(12-21(25)27)15-6-2-1-3-7-15/h1-9,12-14H,10-11H2,(H,23,28). The first-order valence-corrected chi connectivity index (χ1v) is 9.05. The summed E-state index contributed by atoms with van der Waals surface area (Å²) in [7, 11) is 0. The topological polar surface area (TPSA) is 94.2 Å². The first-order valence-electron chi connectivity index (χ1n) is 9.05. The molecule has 29 heavy (non-hydrogen) atoms. The summed E-state index contributed by atoms with van der Waals surface area (Å²) in [5.74, 6) is -0.589. The van der Waals surface area contributed by atoms with Crippen LogP contribution < -0.4 is 16.3 Å². The smallest absolute Gasteiger partial charge is 0.287 e. The molecule has 7 heteroatoms. The van der Waals surface area contributed by atoms with Gasteiger partial charge in [-0.15, -0.1) is 0 Å². The zero-order valence-corrected chi connectivity index (χ0v) is 15.4. The summed E-state index contributed by atoms with van der Waals surface area (Å²) >= 11 is 0. The van der Waals surface area contributed by atoms with E-state index in [0.717, 1.165) is 5.56 Å². The van der Waals surface area contributed by atoms with Crippen LogP contribution in [0, 0.1) is 0 Å². The Kier molecular flexibility index (Phi) is 5.03. The van der Waals surface area contributed by atoms with Gasteiger partial charge in [0.25, 0.3) is 11.5 Å². The maximum absolute atomic E-state index is 12.3. The van der Waals surface area contributed by atoms with Gasteiger partial charge in [0, 0.05) is 30.8 Å². The van der Waals surface area contributed by atoms with Crippen LogP contribution in [0.1, 0.15) is 10.6 Å². The fourth-order valence-corrected chi connectivity index (χ4v) is 2.95. The molecule has 0 atom stereocenters. The number of para-hydroxylation sites is 1. The van der Waals surface area contributed by atoms with Crippen LogP contribution >= 0.6 is 0 Å². The van der Waals surface area contributed by atoms with Crippen molar-refractivity contribution in [1.82, 2.24) is 14.9 Å². The van der Waals surface area contributed by atoms with Gasteiger partial charge in [-0.05, 0) is 12.1 Å². The molecule has 2 aromatic heterocycles. The summed E-state index contributed by atoms with van der Waals surface area (Å²) < 4.78 is 6.91. The highest BCUT2D eigenvalue weighted by molar-refractivity contribution is 5.93. The lowest BCUT2D eigenvalue weighted by Crippen LogP contribution is -2.31. The van der Waals surface area contributed by atoms with Gasteiger partial charge in [0.2, 0.25) is 0 Å². The number of carbonyl (C=O) groups excluding carboxylic acids is 1. The lowest BCUT2D eigenvalue weighted by molar-refractivity contribution is 0.0925. The van der Waals surface area contributed by atoms with Gasteiger partial charge in [0.15, 0.2) is 11.2 Å². The fraction of sp³-hybridized carbons (Fsp3) is 0.0909. The number of hydrogen-bond donors (Lipinski definition) is 1. The van der Waals surface area contributed by atoms with E-state index in [2.05, 4.69) is 10.3 Å². The van der Waals surface area contributed by atoms with Crippen molar-refractivity contribution in [3.8, 4) is 11.3 Å². The van der Waals surface area contributed by atoms with Gasteiger partial charge in [-0.3, -0.25) is 19.0 Å². The largest absolute Gasteiger partial charge is 0.451 e. The van der Waals surface area contributed by atoms with E-state index in [1.807, 2.05) is 30.3 Å². The van der Waals surface area contributed by atoms with Crippen molar-refractivity contribution in [3.63, 3.8) is 0 Å². The number of amides is 1. The minimum atomic E-state index is -0.519. The molecular weight excluding hydrogens is 370 g/mol. The minimum Gasteiger partial charge on any atom is -0.451 e. The molecule has 0 radical (unpaired) electrons. The van der Waals surface area contributed by atoms with Crippen LogP contribution in [-0.2, 0) is 6.54 Å². The average Bonchev–Trinajstić information content (AvgIpc) is 2.75. The highest BCUT2D eigenvalue weighted by atomic mass is 16.3. The minimum absolute atomic E-state index is 0.0707. The summed E-state index contributed by atoms with van der Waals surface area (Å²) in [6.07, 6.45) is 1.45. The Balaban J connectivity index is 1.43. The summed E-state index contributed by atoms with van der Waals surface area (Å²) in [5.41, 5.74) is 1.30. The van der Waals surface area contributed by atoms with E-state index in [0.29, 0.717) is 16.7 Å². The molecule has 7 nitrogen and oxygen atoms in total. The Labute approximate surface area is 165 Å². The van der Waals surface area contributed by atoms with Crippen LogP contribution in [-0.4, -0.2) is 22.0 Å². The molecule has 0 saturated heterocycles. The molecule has 2 heterocycles. The van der Waals surface area contributed by atoms with Crippen LogP contribution in [0.2, 0.25) is 0 Å². The molecule has 0 aliphatic carbocycles. The molecule has 0 spiro atoms. The predicted molar refractivity (Wildman–Crippen MR) is 109 cm³/mol. The Bertz CT molecular complexity index is 1290. The molecule has 144 valence electrons. The third-order valence-electron chi connectivity index (χ3n) is 4.45. The van der Waals surface area contributed by atoms with Crippen molar-refractivity contribution in [2.45, 2.75) is 6.54 Å². The molecule has 4 rings (SSSR count). The Morgan fingerprint density at radius 1 is 1.00 bits per heavy atom. The van der Waals surface area contributed by atoms with E-state index in [4.69, 9.17) is 4.42 Å². The van der Waals surface area contributed by atoms with Crippen molar-refractivity contribution in [3.05, 3.63) is 99.4 Å². The lowest BCUT2D eigenvalue weighted by atomic mass is 10.1. The molecular formula is C22H17N3O4. The van der Waals surface area contributed by atoms with Gasteiger partial charge in [-0.1, -0.05) is 42.5 Å². The number of benzene rings is 2. The van der Waals surface area contributed by atoms with Crippen LogP contribution in [0.4, 0.5) is 0 Å². The highest BCUT2D eigenvalue weighted by Gasteiger charge is 2.12. The van der Waals surface area contributed by atoms with Crippen LogP contribution in [0.25, 0.3) is 22.2 Å². The maximum Gasteiger partial charge on any atom is 0.287 e. The normalized spacial score (nSPS) is 10.8. The average molecular weight is 387 g/mol. The van der Waals surface area contributed by atoms with Gasteiger partial charge >= 0.3 is 0 Å². The first kappa shape index (κ1) is 18.4. The fourth-order valence-electron chi connectivity index (χ4n) is 2.95. The summed E-state index contributed by atoms with van der Waals surface area (Å²) in [6, 6.07) is 18.8. The molecule has 0 fully saturated rings. The number of nitrogens with one attached hydrogen (secondary N) is 1. The number of fused-ring (bicyclic) bond motifs is 1. The number of nitrogens with zero attached hydrogens (tertiary/aromatic N) is 2. The molecule has 1 amide bonds. The number of aromatic nitrogens is 2. The zero-order chi connectivity index (χ0) is 20.2. The summed E-state index contributed by atoms with van der Waals surface area (Å²) in [6.45, 7) is 0.423. The third-order valence-corrected chi connectivity index (χ3v) is 4.45.